The van der Waals surface area contributed by atoms with E-state index in [0.29, 0.717) is 17.9 Å². The average molecular weight is 931 g/mol. The Hall–Kier alpha value is -4.31. The maximum Gasteiger partial charge on any atom is 0.339 e. The third kappa shape index (κ3) is 5.70. The SMILES string of the molecule is CC(=O)C[C@@H]1C[C@H]2C(C)(C)C(=O)C=C[C@]2(C)[C@H]2CC[C@@]3(C)C(c4ccoc4)OC(=O)[C@H]4O[C@]43[C@]12C.CC1=C(O)C(=O)C=C2C1=CC=C1[C@@]2(C)CC[C@@]2(C)[C@@H]3C[C@](C)(C(=O)O)CC[C@]3(C)CC[C@]12C. The molecule has 3 heterocycles. The molecule has 10 heteroatoms. The fraction of sp³-hybridized carbons (Fsp3) is 0.672. The number of aliphatic hydroxyl groups excluding tert-OH is 1. The van der Waals surface area contributed by atoms with Gasteiger partial charge in [0.1, 0.15) is 17.5 Å². The first-order valence-electron chi connectivity index (χ1n) is 25.5. The van der Waals surface area contributed by atoms with Crippen molar-refractivity contribution in [3.05, 3.63) is 82.6 Å². The van der Waals surface area contributed by atoms with Crippen LogP contribution >= 0.6 is 0 Å². The summed E-state index contributed by atoms with van der Waals surface area (Å²) in [6.45, 7) is 25.8. The summed E-state index contributed by atoms with van der Waals surface area (Å²) in [6.07, 6.45) is 21.7. The number of carboxylic acids is 1. The molecule has 2 saturated heterocycles. The van der Waals surface area contributed by atoms with Gasteiger partial charge in [-0.3, -0.25) is 14.4 Å². The van der Waals surface area contributed by atoms with Crippen molar-refractivity contribution >= 4 is 29.3 Å². The summed E-state index contributed by atoms with van der Waals surface area (Å²) >= 11 is 0. The Bertz CT molecular complexity index is 2610. The maximum atomic E-state index is 13.3. The van der Waals surface area contributed by atoms with Crippen LogP contribution in [0.5, 0.6) is 0 Å². The summed E-state index contributed by atoms with van der Waals surface area (Å²) in [7, 11) is 0. The van der Waals surface area contributed by atoms with Crippen LogP contribution in [-0.4, -0.2) is 51.2 Å². The van der Waals surface area contributed by atoms with Gasteiger partial charge in [0.05, 0.1) is 17.9 Å². The third-order valence-electron chi connectivity index (χ3n) is 22.7. The lowest BCUT2D eigenvalue weighted by Crippen LogP contribution is -2.71. The number of aliphatic carboxylic acids is 1. The zero-order chi connectivity index (χ0) is 49.4. The Labute approximate surface area is 402 Å². The first kappa shape index (κ1) is 47.4. The molecule has 0 radical (unpaired) electrons. The first-order valence-corrected chi connectivity index (χ1v) is 25.5. The molecule has 11 rings (SSSR count). The fourth-order valence-corrected chi connectivity index (χ4v) is 18.3. The Morgan fingerprint density at radius 1 is 0.824 bits per heavy atom. The summed E-state index contributed by atoms with van der Waals surface area (Å²) < 4.78 is 18.0. The minimum atomic E-state index is -0.728. The van der Waals surface area contributed by atoms with Crippen LogP contribution in [0, 0.1) is 72.4 Å². The minimum Gasteiger partial charge on any atom is -0.504 e. The van der Waals surface area contributed by atoms with Crippen LogP contribution in [0.4, 0.5) is 0 Å². The molecule has 2 aliphatic heterocycles. The van der Waals surface area contributed by atoms with Gasteiger partial charge in [0, 0.05) is 39.2 Å². The molecule has 10 nitrogen and oxygen atoms in total. The standard InChI is InChI=1S/C29H36O6.C29H38O4/c1-16(30)13-18-14-20-25(2,3)21(31)8-10-26(20,4)19-7-11-27(5)22(17-9-12-33-15-17)34-24(32)23-29(27,35-23)28(18,19)6;1-17-18-7-8-21-27(4,19(18)15-20(30)23(17)31)12-14-29(6)22-16-26(3,24(32)33)10-9-25(22,2)11-13-28(21,29)5/h8-10,12,15,18-20,22-23H,7,11,13-14H2,1-6H3;7-8,15,22,31H,9-14,16H2,1-6H3,(H,32,33)/t18-,19-,20+,22?,23-,26-,27+,28-,29-;22-,25-,26-,27+,28-,29+/m11/s1. The molecule has 2 N–H and O–H groups in total. The zero-order valence-corrected chi connectivity index (χ0v) is 42.5. The number of esters is 1. The fourth-order valence-electron chi connectivity index (χ4n) is 18.3. The van der Waals surface area contributed by atoms with E-state index in [0.717, 1.165) is 80.9 Å². The van der Waals surface area contributed by atoms with Crippen molar-refractivity contribution in [1.29, 1.82) is 0 Å². The predicted octanol–water partition coefficient (Wildman–Crippen LogP) is 11.9. The smallest absolute Gasteiger partial charge is 0.339 e. The average Bonchev–Trinajstić information content (AvgIpc) is 3.85. The molecule has 366 valence electrons. The molecule has 1 aromatic rings. The van der Waals surface area contributed by atoms with Crippen LogP contribution < -0.4 is 0 Å². The van der Waals surface area contributed by atoms with Crippen LogP contribution in [0.15, 0.2) is 81.4 Å². The number of furan rings is 1. The van der Waals surface area contributed by atoms with Crippen molar-refractivity contribution in [2.45, 2.75) is 172 Å². The second kappa shape index (κ2) is 14.4. The number of Topliss-reactive ketones (excluding diaryl/α,β-unsaturated/α-hetero) is 1. The molecule has 1 unspecified atom stereocenters. The number of ketones is 3. The number of carboxylic acid groups (broad SMARTS) is 1. The van der Waals surface area contributed by atoms with Crippen LogP contribution in [0.3, 0.4) is 0 Å². The van der Waals surface area contributed by atoms with Crippen LogP contribution in [0.1, 0.15) is 165 Å². The Morgan fingerprint density at radius 2 is 1.53 bits per heavy atom. The Morgan fingerprint density at radius 3 is 2.19 bits per heavy atom. The van der Waals surface area contributed by atoms with E-state index in [1.165, 1.54) is 5.57 Å². The highest BCUT2D eigenvalue weighted by Crippen LogP contribution is 2.81. The minimum absolute atomic E-state index is 0.0000746. The van der Waals surface area contributed by atoms with Gasteiger partial charge < -0.3 is 28.9 Å². The molecular weight excluding hydrogens is 857 g/mol. The lowest BCUT2D eigenvalue weighted by Gasteiger charge is -2.70. The molecular formula is C58H74O10. The van der Waals surface area contributed by atoms with E-state index in [1.54, 1.807) is 31.6 Å². The van der Waals surface area contributed by atoms with Gasteiger partial charge in [-0.1, -0.05) is 86.1 Å². The third-order valence-corrected chi connectivity index (χ3v) is 22.7. The van der Waals surface area contributed by atoms with Crippen molar-refractivity contribution in [2.75, 3.05) is 0 Å². The molecule has 10 aliphatic rings. The number of ether oxygens (including phenoxy) is 2. The summed E-state index contributed by atoms with van der Waals surface area (Å²) in [4.78, 5) is 63.7. The second-order valence-electron chi connectivity index (χ2n) is 26.0. The van der Waals surface area contributed by atoms with Crippen LogP contribution in [-0.2, 0) is 33.4 Å². The van der Waals surface area contributed by atoms with Crippen molar-refractivity contribution in [1.82, 2.24) is 0 Å². The lowest BCUT2D eigenvalue weighted by atomic mass is 9.34. The van der Waals surface area contributed by atoms with Gasteiger partial charge in [0.15, 0.2) is 17.6 Å². The van der Waals surface area contributed by atoms with Gasteiger partial charge in [-0.25, -0.2) is 4.79 Å². The predicted molar refractivity (Wildman–Crippen MR) is 256 cm³/mol. The second-order valence-corrected chi connectivity index (χ2v) is 26.0. The monoisotopic (exact) mass is 931 g/mol. The van der Waals surface area contributed by atoms with E-state index in [2.05, 4.69) is 80.5 Å². The molecule has 0 bridgehead atoms. The highest BCUT2D eigenvalue weighted by molar-refractivity contribution is 6.06. The molecule has 1 aromatic heterocycles. The normalized spacial score (nSPS) is 48.1. The number of fused-ring (bicyclic) bond motifs is 10. The number of allylic oxidation sites excluding steroid dienone is 9. The van der Waals surface area contributed by atoms with Crippen molar-refractivity contribution in [3.8, 4) is 0 Å². The number of carbonyl (C=O) groups is 5. The first-order chi connectivity index (χ1) is 31.6. The number of hydrogen-bond donors (Lipinski definition) is 2. The highest BCUT2D eigenvalue weighted by Gasteiger charge is 2.87. The highest BCUT2D eigenvalue weighted by atomic mass is 16.7. The van der Waals surface area contributed by atoms with E-state index in [4.69, 9.17) is 13.9 Å². The van der Waals surface area contributed by atoms with Crippen molar-refractivity contribution in [2.24, 2.45) is 72.4 Å². The molecule has 15 atom stereocenters. The molecule has 0 aromatic carbocycles. The Balaban J connectivity index is 0.000000159. The Kier molecular flexibility index (Phi) is 10.0. The molecule has 68 heavy (non-hydrogen) atoms. The molecule has 5 saturated carbocycles. The van der Waals surface area contributed by atoms with Crippen molar-refractivity contribution in [3.63, 3.8) is 0 Å². The van der Waals surface area contributed by atoms with Crippen LogP contribution in [0.25, 0.3) is 0 Å². The molecule has 1 spiro atoms. The van der Waals surface area contributed by atoms with Gasteiger partial charge in [-0.05, 0) is 160 Å². The van der Waals surface area contributed by atoms with Gasteiger partial charge in [-0.15, -0.1) is 0 Å². The number of epoxide rings is 1. The maximum absolute atomic E-state index is 13.3. The van der Waals surface area contributed by atoms with E-state index in [-0.39, 0.29) is 73.9 Å². The number of rotatable bonds is 4. The van der Waals surface area contributed by atoms with Gasteiger partial charge >= 0.3 is 11.9 Å². The van der Waals surface area contributed by atoms with Gasteiger partial charge in [0.25, 0.3) is 0 Å². The van der Waals surface area contributed by atoms with Gasteiger partial charge in [-0.2, -0.15) is 0 Å². The van der Waals surface area contributed by atoms with E-state index >= 15 is 0 Å². The van der Waals surface area contributed by atoms with E-state index < -0.39 is 45.4 Å². The molecule has 0 amide bonds. The largest absolute Gasteiger partial charge is 0.504 e. The summed E-state index contributed by atoms with van der Waals surface area (Å²) in [5, 5.41) is 20.3. The summed E-state index contributed by atoms with van der Waals surface area (Å²) in [5.74, 6) is -0.474. The topological polar surface area (TPSA) is 161 Å². The number of hydrogen-bond acceptors (Lipinski definition) is 9. The number of aliphatic hydroxyl groups is 1. The van der Waals surface area contributed by atoms with E-state index in [9.17, 15) is 34.2 Å². The van der Waals surface area contributed by atoms with E-state index in [1.807, 2.05) is 19.9 Å². The lowest BCUT2D eigenvalue weighted by molar-refractivity contribution is -0.232. The number of carbonyl (C=O) groups excluding carboxylic acids is 4. The summed E-state index contributed by atoms with van der Waals surface area (Å²) in [5.41, 5.74) is 1.81. The quantitative estimate of drug-likeness (QED) is 0.220. The number of cyclic esters (lactones) is 1. The summed E-state index contributed by atoms with van der Waals surface area (Å²) in [6, 6.07) is 1.87. The molecule has 8 aliphatic carbocycles. The van der Waals surface area contributed by atoms with Crippen molar-refractivity contribution < 1.29 is 48.1 Å². The zero-order valence-electron chi connectivity index (χ0n) is 42.5. The van der Waals surface area contributed by atoms with Gasteiger partial charge in [0.2, 0.25) is 5.78 Å². The van der Waals surface area contributed by atoms with Crippen LogP contribution in [0.2, 0.25) is 0 Å². The molecule has 7 fully saturated rings.